The lowest BCUT2D eigenvalue weighted by Gasteiger charge is -2.07. The first kappa shape index (κ1) is 14.6. The minimum absolute atomic E-state index is 0.174. The van der Waals surface area contributed by atoms with E-state index in [0.717, 1.165) is 11.8 Å². The molecule has 4 heteroatoms. The highest BCUT2D eigenvalue weighted by Gasteiger charge is 2.06. The summed E-state index contributed by atoms with van der Waals surface area (Å²) in [6, 6.07) is 7.39. The van der Waals surface area contributed by atoms with Crippen LogP contribution in [0.4, 0.5) is 0 Å². The lowest BCUT2D eigenvalue weighted by Crippen LogP contribution is -2.10. The average Bonchev–Trinajstić information content (AvgIpc) is 2.49. The number of H-pyrrole nitrogens is 1. The fraction of sp³-hybridized carbons (Fsp3) is 0.500. The van der Waals surface area contributed by atoms with Crippen LogP contribution in [0.15, 0.2) is 29.1 Å². The van der Waals surface area contributed by atoms with Gasteiger partial charge < -0.3 is 4.74 Å². The molecule has 0 aliphatic heterocycles. The molecule has 0 unspecified atom stereocenters. The monoisotopic (exact) mass is 274 g/mol. The van der Waals surface area contributed by atoms with Gasteiger partial charge in [0.25, 0.3) is 5.56 Å². The van der Waals surface area contributed by atoms with Gasteiger partial charge in [-0.25, -0.2) is 5.10 Å². The number of unbranched alkanes of at least 4 members (excludes halogenated alkanes) is 5. The van der Waals surface area contributed by atoms with Gasteiger partial charge in [0.05, 0.1) is 17.4 Å². The van der Waals surface area contributed by atoms with Gasteiger partial charge in [-0.3, -0.25) is 4.79 Å². The van der Waals surface area contributed by atoms with Crippen molar-refractivity contribution in [3.8, 4) is 5.88 Å². The molecule has 2 rings (SSSR count). The number of rotatable bonds is 8. The third-order valence-corrected chi connectivity index (χ3v) is 3.40. The summed E-state index contributed by atoms with van der Waals surface area (Å²) >= 11 is 0. The van der Waals surface area contributed by atoms with Crippen molar-refractivity contribution >= 4 is 10.8 Å². The molecule has 108 valence electrons. The Morgan fingerprint density at radius 3 is 2.55 bits per heavy atom. The molecule has 0 saturated heterocycles. The van der Waals surface area contributed by atoms with E-state index >= 15 is 0 Å². The summed E-state index contributed by atoms with van der Waals surface area (Å²) in [6.45, 7) is 2.87. The van der Waals surface area contributed by atoms with Crippen molar-refractivity contribution in [3.05, 3.63) is 34.6 Å². The molecule has 2 aromatic rings. The van der Waals surface area contributed by atoms with E-state index in [-0.39, 0.29) is 5.56 Å². The lowest BCUT2D eigenvalue weighted by molar-refractivity contribution is 0.293. The molecule has 0 aliphatic carbocycles. The Bertz CT molecular complexity index is 592. The number of hydrogen-bond donors (Lipinski definition) is 1. The molecule has 1 heterocycles. The third-order valence-electron chi connectivity index (χ3n) is 3.40. The molecule has 0 fully saturated rings. The van der Waals surface area contributed by atoms with Gasteiger partial charge in [-0.1, -0.05) is 51.2 Å². The molecular formula is C16H22N2O2. The summed E-state index contributed by atoms with van der Waals surface area (Å²) in [7, 11) is 0. The minimum Gasteiger partial charge on any atom is -0.476 e. The highest BCUT2D eigenvalue weighted by molar-refractivity contribution is 5.85. The zero-order valence-corrected chi connectivity index (χ0v) is 12.0. The lowest BCUT2D eigenvalue weighted by atomic mass is 10.1. The number of fused-ring (bicyclic) bond motifs is 1. The van der Waals surface area contributed by atoms with E-state index in [4.69, 9.17) is 4.74 Å². The van der Waals surface area contributed by atoms with Crippen molar-refractivity contribution in [2.45, 2.75) is 45.4 Å². The Hall–Kier alpha value is -1.84. The average molecular weight is 274 g/mol. The van der Waals surface area contributed by atoms with E-state index in [1.807, 2.05) is 18.2 Å². The second-order valence-corrected chi connectivity index (χ2v) is 5.02. The number of aromatic nitrogens is 2. The Morgan fingerprint density at radius 2 is 1.75 bits per heavy atom. The molecule has 0 saturated carbocycles. The van der Waals surface area contributed by atoms with Crippen molar-refractivity contribution in [3.63, 3.8) is 0 Å². The van der Waals surface area contributed by atoms with Gasteiger partial charge in [0.1, 0.15) is 0 Å². The topological polar surface area (TPSA) is 55.0 Å². The van der Waals surface area contributed by atoms with Crippen LogP contribution in [0.3, 0.4) is 0 Å². The van der Waals surface area contributed by atoms with E-state index in [1.165, 1.54) is 32.1 Å². The van der Waals surface area contributed by atoms with Crippen LogP contribution in [0.2, 0.25) is 0 Å². The Balaban J connectivity index is 1.88. The van der Waals surface area contributed by atoms with Gasteiger partial charge in [0, 0.05) is 0 Å². The summed E-state index contributed by atoms with van der Waals surface area (Å²) in [5.74, 6) is 0.522. The fourth-order valence-electron chi connectivity index (χ4n) is 2.25. The molecule has 1 aromatic heterocycles. The van der Waals surface area contributed by atoms with Crippen LogP contribution in [-0.2, 0) is 0 Å². The number of nitrogens with one attached hydrogen (secondary N) is 1. The molecule has 0 atom stereocenters. The van der Waals surface area contributed by atoms with Crippen molar-refractivity contribution in [1.82, 2.24) is 10.2 Å². The van der Waals surface area contributed by atoms with Crippen molar-refractivity contribution in [1.29, 1.82) is 0 Å². The molecule has 1 aromatic carbocycles. The van der Waals surface area contributed by atoms with Crippen LogP contribution >= 0.6 is 0 Å². The molecule has 0 bridgehead atoms. The van der Waals surface area contributed by atoms with Crippen molar-refractivity contribution in [2.75, 3.05) is 6.61 Å². The van der Waals surface area contributed by atoms with Gasteiger partial charge in [-0.05, 0) is 18.6 Å². The summed E-state index contributed by atoms with van der Waals surface area (Å²) < 4.78 is 5.70. The first-order chi connectivity index (χ1) is 9.83. The maximum Gasteiger partial charge on any atom is 0.272 e. The van der Waals surface area contributed by atoms with Crippen LogP contribution in [0.25, 0.3) is 10.8 Å². The van der Waals surface area contributed by atoms with Gasteiger partial charge in [-0.2, -0.15) is 0 Å². The zero-order valence-electron chi connectivity index (χ0n) is 12.0. The van der Waals surface area contributed by atoms with E-state index in [2.05, 4.69) is 17.1 Å². The molecule has 0 aliphatic rings. The highest BCUT2D eigenvalue weighted by atomic mass is 16.5. The molecule has 4 nitrogen and oxygen atoms in total. The van der Waals surface area contributed by atoms with Gasteiger partial charge in [0.15, 0.2) is 0 Å². The normalized spacial score (nSPS) is 10.8. The summed E-state index contributed by atoms with van der Waals surface area (Å²) in [5.41, 5.74) is -0.174. The number of ether oxygens (including phenoxy) is 1. The molecule has 20 heavy (non-hydrogen) atoms. The largest absolute Gasteiger partial charge is 0.476 e. The molecule has 0 radical (unpaired) electrons. The smallest absolute Gasteiger partial charge is 0.272 e. The summed E-state index contributed by atoms with van der Waals surface area (Å²) in [4.78, 5) is 11.6. The standard InChI is InChI=1S/C16H22N2O2/c1-2-3-4-5-6-9-12-20-16-14-11-8-7-10-13(14)15(19)17-18-16/h7-8,10-11H,2-6,9,12H2,1H3,(H,17,19). The second kappa shape index (κ2) is 7.68. The molecule has 0 amide bonds. The Labute approximate surface area is 119 Å². The predicted molar refractivity (Wildman–Crippen MR) is 81.2 cm³/mol. The van der Waals surface area contributed by atoms with Crippen LogP contribution in [-0.4, -0.2) is 16.8 Å². The van der Waals surface area contributed by atoms with E-state index in [9.17, 15) is 4.79 Å². The molecular weight excluding hydrogens is 252 g/mol. The van der Waals surface area contributed by atoms with Crippen LogP contribution in [0.5, 0.6) is 5.88 Å². The molecule has 0 spiro atoms. The second-order valence-electron chi connectivity index (χ2n) is 5.02. The zero-order chi connectivity index (χ0) is 14.2. The quantitative estimate of drug-likeness (QED) is 0.747. The number of nitrogens with zero attached hydrogens (tertiary/aromatic N) is 1. The van der Waals surface area contributed by atoms with E-state index in [1.54, 1.807) is 6.07 Å². The van der Waals surface area contributed by atoms with E-state index in [0.29, 0.717) is 17.9 Å². The fourth-order valence-corrected chi connectivity index (χ4v) is 2.25. The Kier molecular flexibility index (Phi) is 5.59. The van der Waals surface area contributed by atoms with Crippen LogP contribution in [0.1, 0.15) is 45.4 Å². The number of aromatic amines is 1. The SMILES string of the molecule is CCCCCCCCOc1n[nH]c(=O)c2ccccc12. The van der Waals surface area contributed by atoms with Gasteiger partial charge >= 0.3 is 0 Å². The van der Waals surface area contributed by atoms with Crippen molar-refractivity contribution < 1.29 is 4.74 Å². The van der Waals surface area contributed by atoms with Crippen LogP contribution < -0.4 is 10.3 Å². The first-order valence-electron chi connectivity index (χ1n) is 7.43. The first-order valence-corrected chi connectivity index (χ1v) is 7.43. The predicted octanol–water partition coefficient (Wildman–Crippen LogP) is 3.66. The highest BCUT2D eigenvalue weighted by Crippen LogP contribution is 2.19. The van der Waals surface area contributed by atoms with Gasteiger partial charge in [-0.15, -0.1) is 5.10 Å². The third kappa shape index (κ3) is 3.83. The number of hydrogen-bond acceptors (Lipinski definition) is 3. The maximum absolute atomic E-state index is 11.6. The maximum atomic E-state index is 11.6. The van der Waals surface area contributed by atoms with E-state index < -0.39 is 0 Å². The Morgan fingerprint density at radius 1 is 1.05 bits per heavy atom. The van der Waals surface area contributed by atoms with Crippen LogP contribution in [0, 0.1) is 0 Å². The number of benzene rings is 1. The summed E-state index contributed by atoms with van der Waals surface area (Å²) in [6.07, 6.45) is 7.35. The molecule has 1 N–H and O–H groups in total. The van der Waals surface area contributed by atoms with Gasteiger partial charge in [0.2, 0.25) is 5.88 Å². The summed E-state index contributed by atoms with van der Waals surface area (Å²) in [5, 5.41) is 7.88. The minimum atomic E-state index is -0.174. The van der Waals surface area contributed by atoms with Crippen molar-refractivity contribution in [2.24, 2.45) is 0 Å².